The van der Waals surface area contributed by atoms with Crippen LogP contribution in [-0.2, 0) is 10.0 Å². The number of sulfonamides is 1. The van der Waals surface area contributed by atoms with Crippen molar-refractivity contribution in [3.8, 4) is 11.5 Å². The molecular formula is C17H16FNO4S. The van der Waals surface area contributed by atoms with Crippen LogP contribution in [0.15, 0.2) is 47.4 Å². The fourth-order valence-electron chi connectivity index (χ4n) is 3.24. The van der Waals surface area contributed by atoms with Gasteiger partial charge < -0.3 is 9.47 Å². The van der Waals surface area contributed by atoms with E-state index in [1.807, 2.05) is 12.1 Å². The van der Waals surface area contributed by atoms with Crippen LogP contribution in [0.4, 0.5) is 4.39 Å². The van der Waals surface area contributed by atoms with Gasteiger partial charge in [0.15, 0.2) is 11.5 Å². The van der Waals surface area contributed by atoms with Gasteiger partial charge in [0.25, 0.3) is 0 Å². The van der Waals surface area contributed by atoms with Crippen molar-refractivity contribution in [1.82, 2.24) is 4.31 Å². The maximum Gasteiger partial charge on any atom is 0.243 e. The molecule has 7 heteroatoms. The smallest absolute Gasteiger partial charge is 0.243 e. The lowest BCUT2D eigenvalue weighted by Crippen LogP contribution is -2.30. The van der Waals surface area contributed by atoms with Crippen molar-refractivity contribution >= 4 is 10.0 Å². The number of hydrogen-bond acceptors (Lipinski definition) is 4. The first-order valence-corrected chi connectivity index (χ1v) is 9.17. The van der Waals surface area contributed by atoms with Crippen LogP contribution in [0.5, 0.6) is 11.5 Å². The summed E-state index contributed by atoms with van der Waals surface area (Å²) in [5.41, 5.74) is 0.858. The third-order valence-electron chi connectivity index (χ3n) is 4.39. The number of ether oxygens (including phenoxy) is 2. The maximum absolute atomic E-state index is 13.4. The van der Waals surface area contributed by atoms with Gasteiger partial charge in [-0.15, -0.1) is 0 Å². The molecular weight excluding hydrogens is 333 g/mol. The van der Waals surface area contributed by atoms with Crippen LogP contribution in [-0.4, -0.2) is 26.1 Å². The molecule has 0 N–H and O–H groups in total. The number of benzene rings is 2. The fourth-order valence-corrected chi connectivity index (χ4v) is 4.96. The summed E-state index contributed by atoms with van der Waals surface area (Å²) in [5.74, 6) is 0.730. The highest BCUT2D eigenvalue weighted by molar-refractivity contribution is 7.89. The van der Waals surface area contributed by atoms with Crippen LogP contribution in [0.25, 0.3) is 0 Å². The third kappa shape index (κ3) is 2.53. The van der Waals surface area contributed by atoms with E-state index >= 15 is 0 Å². The minimum Gasteiger partial charge on any atom is -0.454 e. The molecule has 0 aliphatic carbocycles. The van der Waals surface area contributed by atoms with E-state index in [1.165, 1.54) is 22.5 Å². The van der Waals surface area contributed by atoms with Gasteiger partial charge in [0, 0.05) is 6.54 Å². The molecule has 126 valence electrons. The molecule has 1 unspecified atom stereocenters. The lowest BCUT2D eigenvalue weighted by Gasteiger charge is -2.24. The first-order chi connectivity index (χ1) is 11.6. The molecule has 24 heavy (non-hydrogen) atoms. The topological polar surface area (TPSA) is 55.8 Å². The maximum atomic E-state index is 13.4. The monoisotopic (exact) mass is 349 g/mol. The van der Waals surface area contributed by atoms with Crippen molar-refractivity contribution in [2.24, 2.45) is 0 Å². The molecule has 2 aliphatic heterocycles. The molecule has 0 bridgehead atoms. The number of hydrogen-bond donors (Lipinski definition) is 0. The van der Waals surface area contributed by atoms with Crippen molar-refractivity contribution in [3.63, 3.8) is 0 Å². The molecule has 0 aromatic heterocycles. The molecule has 2 heterocycles. The fraction of sp³-hybridized carbons (Fsp3) is 0.294. The van der Waals surface area contributed by atoms with E-state index in [2.05, 4.69) is 0 Å². The predicted octanol–water partition coefficient (Wildman–Crippen LogP) is 3.08. The molecule has 1 atom stereocenters. The first-order valence-electron chi connectivity index (χ1n) is 7.73. The Labute approximate surface area is 139 Å². The van der Waals surface area contributed by atoms with Crippen molar-refractivity contribution in [2.75, 3.05) is 13.3 Å². The molecule has 0 amide bonds. The Morgan fingerprint density at radius 2 is 1.92 bits per heavy atom. The average Bonchev–Trinajstić information content (AvgIpc) is 3.23. The van der Waals surface area contributed by atoms with Gasteiger partial charge in [-0.1, -0.05) is 12.1 Å². The van der Waals surface area contributed by atoms with Crippen LogP contribution in [0, 0.1) is 5.82 Å². The standard InChI is InChI=1S/C17H16FNO4S/c18-13-3-1-4-14(10-13)24(20,21)19-8-2-5-15(19)12-6-7-16-17(9-12)23-11-22-16/h1,3-4,6-7,9-10,15H,2,5,8,11H2. The van der Waals surface area contributed by atoms with Gasteiger partial charge in [0.1, 0.15) is 5.82 Å². The van der Waals surface area contributed by atoms with Gasteiger partial charge >= 0.3 is 0 Å². The average molecular weight is 349 g/mol. The van der Waals surface area contributed by atoms with Crippen molar-refractivity contribution in [2.45, 2.75) is 23.8 Å². The van der Waals surface area contributed by atoms with Gasteiger partial charge in [-0.05, 0) is 48.7 Å². The van der Waals surface area contributed by atoms with E-state index in [1.54, 1.807) is 6.07 Å². The van der Waals surface area contributed by atoms with Crippen molar-refractivity contribution in [3.05, 3.63) is 53.8 Å². The van der Waals surface area contributed by atoms with Gasteiger partial charge in [0.2, 0.25) is 16.8 Å². The van der Waals surface area contributed by atoms with Gasteiger partial charge in [-0.3, -0.25) is 0 Å². The molecule has 0 saturated carbocycles. The van der Waals surface area contributed by atoms with Crippen LogP contribution >= 0.6 is 0 Å². The Bertz CT molecular complexity index is 884. The Morgan fingerprint density at radius 3 is 2.75 bits per heavy atom. The highest BCUT2D eigenvalue weighted by atomic mass is 32.2. The molecule has 0 spiro atoms. The summed E-state index contributed by atoms with van der Waals surface area (Å²) in [4.78, 5) is -0.0184. The second-order valence-corrected chi connectivity index (χ2v) is 7.73. The zero-order valence-electron chi connectivity index (χ0n) is 12.8. The minimum atomic E-state index is -3.75. The van der Waals surface area contributed by atoms with Gasteiger partial charge in [-0.25, -0.2) is 12.8 Å². The van der Waals surface area contributed by atoms with Gasteiger partial charge in [-0.2, -0.15) is 4.31 Å². The summed E-state index contributed by atoms with van der Waals surface area (Å²) in [7, 11) is -3.75. The van der Waals surface area contributed by atoms with Crippen molar-refractivity contribution < 1.29 is 22.3 Å². The van der Waals surface area contributed by atoms with E-state index < -0.39 is 15.8 Å². The predicted molar refractivity (Wildman–Crippen MR) is 84.8 cm³/mol. The largest absolute Gasteiger partial charge is 0.454 e. The van der Waals surface area contributed by atoms with Crippen LogP contribution < -0.4 is 9.47 Å². The lowest BCUT2D eigenvalue weighted by atomic mass is 10.0. The Morgan fingerprint density at radius 1 is 1.08 bits per heavy atom. The summed E-state index contributed by atoms with van der Waals surface area (Å²) in [6, 6.07) is 10.3. The molecule has 0 radical (unpaired) electrons. The highest BCUT2D eigenvalue weighted by Gasteiger charge is 2.36. The number of nitrogens with zero attached hydrogens (tertiary/aromatic N) is 1. The minimum absolute atomic E-state index is 0.0184. The van der Waals surface area contributed by atoms with Gasteiger partial charge in [0.05, 0.1) is 10.9 Å². The molecule has 2 aromatic carbocycles. The summed E-state index contributed by atoms with van der Waals surface area (Å²) >= 11 is 0. The molecule has 4 rings (SSSR count). The Hall–Kier alpha value is -2.12. The number of rotatable bonds is 3. The highest BCUT2D eigenvalue weighted by Crippen LogP contribution is 2.41. The molecule has 2 aromatic rings. The summed E-state index contributed by atoms with van der Waals surface area (Å²) < 4.78 is 51.4. The molecule has 2 aliphatic rings. The van der Waals surface area contributed by atoms with Crippen molar-refractivity contribution in [1.29, 1.82) is 0 Å². The SMILES string of the molecule is O=S(=O)(c1cccc(F)c1)N1CCCC1c1ccc2c(c1)OCO2. The zero-order valence-corrected chi connectivity index (χ0v) is 13.6. The lowest BCUT2D eigenvalue weighted by molar-refractivity contribution is 0.174. The zero-order chi connectivity index (χ0) is 16.7. The van der Waals surface area contributed by atoms with E-state index in [-0.39, 0.29) is 17.7 Å². The summed E-state index contributed by atoms with van der Waals surface area (Å²) in [6.07, 6.45) is 1.47. The van der Waals surface area contributed by atoms with E-state index in [0.717, 1.165) is 18.1 Å². The van der Waals surface area contributed by atoms with E-state index in [0.29, 0.717) is 24.5 Å². The normalized spacial score (nSPS) is 20.5. The Balaban J connectivity index is 1.70. The second kappa shape index (κ2) is 5.75. The number of fused-ring (bicyclic) bond motifs is 1. The third-order valence-corrected chi connectivity index (χ3v) is 6.29. The van der Waals surface area contributed by atoms with Crippen LogP contribution in [0.2, 0.25) is 0 Å². The number of halogens is 1. The van der Waals surface area contributed by atoms with Crippen LogP contribution in [0.3, 0.4) is 0 Å². The van der Waals surface area contributed by atoms with Crippen LogP contribution in [0.1, 0.15) is 24.4 Å². The second-order valence-electron chi connectivity index (χ2n) is 5.84. The first kappa shape index (κ1) is 15.4. The summed E-state index contributed by atoms with van der Waals surface area (Å²) in [6.45, 7) is 0.590. The quantitative estimate of drug-likeness (QED) is 0.854. The van der Waals surface area contributed by atoms with E-state index in [4.69, 9.17) is 9.47 Å². The molecule has 1 saturated heterocycles. The molecule has 5 nitrogen and oxygen atoms in total. The van der Waals surface area contributed by atoms with E-state index in [9.17, 15) is 12.8 Å². The molecule has 1 fully saturated rings. The summed E-state index contributed by atoms with van der Waals surface area (Å²) in [5, 5.41) is 0. The Kier molecular flexibility index (Phi) is 3.69.